The third-order valence-corrected chi connectivity index (χ3v) is 4.44. The molecular formula is C19H17F2N3O2S. The van der Waals surface area contributed by atoms with Gasteiger partial charge in [0.2, 0.25) is 5.13 Å². The molecule has 2 aromatic carbocycles. The molecule has 8 heteroatoms. The van der Waals surface area contributed by atoms with Crippen molar-refractivity contribution in [3.8, 4) is 22.8 Å². The van der Waals surface area contributed by atoms with Crippen molar-refractivity contribution in [1.29, 1.82) is 0 Å². The van der Waals surface area contributed by atoms with Gasteiger partial charge >= 0.3 is 6.61 Å². The first kappa shape index (κ1) is 18.8. The van der Waals surface area contributed by atoms with Gasteiger partial charge in [-0.1, -0.05) is 30.3 Å². The molecule has 5 nitrogen and oxygen atoms in total. The molecule has 0 bridgehead atoms. The SMILES string of the molecule is COc1cc(/C(C)=N\Nc2nc(-c3ccccc3)cs2)ccc1OC(F)F. The number of methoxy groups -OCH3 is 1. The number of nitrogens with one attached hydrogen (secondary N) is 1. The summed E-state index contributed by atoms with van der Waals surface area (Å²) in [6.07, 6.45) is 0. The number of hydrogen-bond donors (Lipinski definition) is 1. The second kappa shape index (κ2) is 8.59. The molecule has 1 N–H and O–H groups in total. The van der Waals surface area contributed by atoms with Crippen LogP contribution in [0.4, 0.5) is 13.9 Å². The highest BCUT2D eigenvalue weighted by atomic mass is 32.1. The number of nitrogens with zero attached hydrogens (tertiary/aromatic N) is 2. The fourth-order valence-corrected chi connectivity index (χ4v) is 3.01. The Bertz CT molecular complexity index is 930. The van der Waals surface area contributed by atoms with E-state index in [-0.39, 0.29) is 11.5 Å². The third kappa shape index (κ3) is 4.79. The van der Waals surface area contributed by atoms with Gasteiger partial charge in [-0.15, -0.1) is 11.3 Å². The van der Waals surface area contributed by atoms with E-state index in [1.165, 1.54) is 24.5 Å². The van der Waals surface area contributed by atoms with Crippen LogP contribution in [0.15, 0.2) is 59.0 Å². The quantitative estimate of drug-likeness (QED) is 0.443. The summed E-state index contributed by atoms with van der Waals surface area (Å²) in [5, 5.41) is 6.90. The second-order valence-corrected chi connectivity index (χ2v) is 6.32. The van der Waals surface area contributed by atoms with Crippen LogP contribution in [0.3, 0.4) is 0 Å². The standard InChI is InChI=1S/C19H17F2N3O2S/c1-12(14-8-9-16(26-18(20)21)17(10-14)25-2)23-24-19-22-15(11-27-19)13-6-4-3-5-7-13/h3-11,18H,1-2H3,(H,22,24)/b23-12-. The Morgan fingerprint density at radius 1 is 1.15 bits per heavy atom. The van der Waals surface area contributed by atoms with Crippen LogP contribution >= 0.6 is 11.3 Å². The molecule has 0 atom stereocenters. The van der Waals surface area contributed by atoms with Gasteiger partial charge in [0.05, 0.1) is 18.5 Å². The van der Waals surface area contributed by atoms with Gasteiger partial charge < -0.3 is 9.47 Å². The molecule has 0 unspecified atom stereocenters. The van der Waals surface area contributed by atoms with E-state index in [0.29, 0.717) is 16.4 Å². The smallest absolute Gasteiger partial charge is 0.387 e. The van der Waals surface area contributed by atoms with E-state index in [0.717, 1.165) is 11.3 Å². The third-order valence-electron chi connectivity index (χ3n) is 3.69. The van der Waals surface area contributed by atoms with Gasteiger partial charge in [0.1, 0.15) is 0 Å². The minimum Gasteiger partial charge on any atom is -0.493 e. The van der Waals surface area contributed by atoms with Gasteiger partial charge in [-0.25, -0.2) is 4.98 Å². The summed E-state index contributed by atoms with van der Waals surface area (Å²) in [7, 11) is 1.39. The van der Waals surface area contributed by atoms with E-state index < -0.39 is 6.61 Å². The first-order valence-electron chi connectivity index (χ1n) is 8.01. The zero-order valence-electron chi connectivity index (χ0n) is 14.6. The summed E-state index contributed by atoms with van der Waals surface area (Å²) in [4.78, 5) is 4.50. The zero-order chi connectivity index (χ0) is 19.2. The molecule has 3 aromatic rings. The fourth-order valence-electron chi connectivity index (χ4n) is 2.35. The van der Waals surface area contributed by atoms with E-state index >= 15 is 0 Å². The predicted octanol–water partition coefficient (Wildman–Crippen LogP) is 5.26. The minimum atomic E-state index is -2.91. The van der Waals surface area contributed by atoms with Crippen LogP contribution < -0.4 is 14.9 Å². The van der Waals surface area contributed by atoms with Crippen molar-refractivity contribution in [2.24, 2.45) is 5.10 Å². The fraction of sp³-hybridized carbons (Fsp3) is 0.158. The lowest BCUT2D eigenvalue weighted by Gasteiger charge is -2.11. The Balaban J connectivity index is 1.73. The summed E-state index contributed by atoms with van der Waals surface area (Å²) in [6.45, 7) is -1.12. The van der Waals surface area contributed by atoms with Crippen molar-refractivity contribution < 1.29 is 18.3 Å². The lowest BCUT2D eigenvalue weighted by atomic mass is 10.1. The molecule has 1 heterocycles. The number of halogens is 2. The highest BCUT2D eigenvalue weighted by Crippen LogP contribution is 2.30. The van der Waals surface area contributed by atoms with Gasteiger partial charge in [-0.3, -0.25) is 5.43 Å². The normalized spacial score (nSPS) is 11.5. The summed E-state index contributed by atoms with van der Waals surface area (Å²) in [6, 6.07) is 14.5. The number of anilines is 1. The Labute approximate surface area is 159 Å². The van der Waals surface area contributed by atoms with Crippen LogP contribution in [-0.4, -0.2) is 24.4 Å². The van der Waals surface area contributed by atoms with Crippen LogP contribution in [0.5, 0.6) is 11.5 Å². The number of alkyl halides is 2. The van der Waals surface area contributed by atoms with Crippen molar-refractivity contribution in [3.63, 3.8) is 0 Å². The first-order valence-corrected chi connectivity index (χ1v) is 8.89. The van der Waals surface area contributed by atoms with E-state index in [9.17, 15) is 8.78 Å². The summed E-state index contributed by atoms with van der Waals surface area (Å²) >= 11 is 1.44. The first-order chi connectivity index (χ1) is 13.1. The molecule has 0 spiro atoms. The molecule has 0 saturated heterocycles. The number of rotatable bonds is 7. The molecule has 0 aliphatic carbocycles. The number of aromatic nitrogens is 1. The van der Waals surface area contributed by atoms with Crippen LogP contribution in [0.25, 0.3) is 11.3 Å². The highest BCUT2D eigenvalue weighted by molar-refractivity contribution is 7.14. The lowest BCUT2D eigenvalue weighted by molar-refractivity contribution is -0.0512. The van der Waals surface area contributed by atoms with Gasteiger partial charge in [0, 0.05) is 16.5 Å². The Morgan fingerprint density at radius 3 is 2.63 bits per heavy atom. The monoisotopic (exact) mass is 389 g/mol. The van der Waals surface area contributed by atoms with Crippen molar-refractivity contribution in [3.05, 3.63) is 59.5 Å². The van der Waals surface area contributed by atoms with E-state index in [4.69, 9.17) is 4.74 Å². The van der Waals surface area contributed by atoms with E-state index in [1.807, 2.05) is 35.7 Å². The molecule has 140 valence electrons. The van der Waals surface area contributed by atoms with Gasteiger partial charge in [-0.2, -0.15) is 13.9 Å². The Kier molecular flexibility index (Phi) is 5.97. The van der Waals surface area contributed by atoms with Gasteiger partial charge in [0.25, 0.3) is 0 Å². The van der Waals surface area contributed by atoms with E-state index in [2.05, 4.69) is 20.2 Å². The maximum atomic E-state index is 12.4. The van der Waals surface area contributed by atoms with Crippen molar-refractivity contribution in [2.75, 3.05) is 12.5 Å². The topological polar surface area (TPSA) is 55.7 Å². The lowest BCUT2D eigenvalue weighted by Crippen LogP contribution is -2.05. The number of hydrazone groups is 1. The number of thiazole rings is 1. The molecule has 0 aliphatic heterocycles. The highest BCUT2D eigenvalue weighted by Gasteiger charge is 2.12. The van der Waals surface area contributed by atoms with Crippen LogP contribution in [0.2, 0.25) is 0 Å². The molecule has 0 amide bonds. The molecule has 0 aliphatic rings. The second-order valence-electron chi connectivity index (χ2n) is 5.46. The summed E-state index contributed by atoms with van der Waals surface area (Å²) in [5.41, 5.74) is 6.17. The number of benzene rings is 2. The molecule has 3 rings (SSSR count). The maximum Gasteiger partial charge on any atom is 0.387 e. The van der Waals surface area contributed by atoms with Gasteiger partial charge in [-0.05, 0) is 25.1 Å². The average molecular weight is 389 g/mol. The molecular weight excluding hydrogens is 372 g/mol. The van der Waals surface area contributed by atoms with Crippen LogP contribution in [0.1, 0.15) is 12.5 Å². The molecule has 0 saturated carbocycles. The predicted molar refractivity (Wildman–Crippen MR) is 103 cm³/mol. The van der Waals surface area contributed by atoms with Crippen molar-refractivity contribution in [2.45, 2.75) is 13.5 Å². The van der Waals surface area contributed by atoms with Crippen LogP contribution in [-0.2, 0) is 0 Å². The van der Waals surface area contributed by atoms with Crippen LogP contribution in [0, 0.1) is 0 Å². The number of hydrogen-bond acceptors (Lipinski definition) is 6. The van der Waals surface area contributed by atoms with E-state index in [1.54, 1.807) is 19.1 Å². The molecule has 0 fully saturated rings. The van der Waals surface area contributed by atoms with Crippen molar-refractivity contribution >= 4 is 22.2 Å². The van der Waals surface area contributed by atoms with Gasteiger partial charge in [0.15, 0.2) is 11.5 Å². The minimum absolute atomic E-state index is 0.0237. The molecule has 0 radical (unpaired) electrons. The number of ether oxygens (including phenoxy) is 2. The molecule has 1 aromatic heterocycles. The maximum absolute atomic E-state index is 12.4. The average Bonchev–Trinajstić information content (AvgIpc) is 3.16. The summed E-state index contributed by atoms with van der Waals surface area (Å²) < 4.78 is 34.4. The largest absolute Gasteiger partial charge is 0.493 e. The summed E-state index contributed by atoms with van der Waals surface area (Å²) in [5.74, 6) is 0.187. The zero-order valence-corrected chi connectivity index (χ0v) is 15.5. The molecule has 27 heavy (non-hydrogen) atoms. The Morgan fingerprint density at radius 2 is 1.93 bits per heavy atom. The van der Waals surface area contributed by atoms with Crippen molar-refractivity contribution in [1.82, 2.24) is 4.98 Å². The Hall–Kier alpha value is -3.00.